The van der Waals surface area contributed by atoms with Gasteiger partial charge in [0.2, 0.25) is 35.4 Å². The Labute approximate surface area is 362 Å². The molecule has 6 rings (SSSR count). The Balaban J connectivity index is 1.16. The molecular weight excluding hydrogens is 794 g/mol. The van der Waals surface area contributed by atoms with Crippen LogP contribution in [-0.2, 0) is 53.6 Å². The Morgan fingerprint density at radius 1 is 0.984 bits per heavy atom. The average molecular weight is 854 g/mol. The highest BCUT2D eigenvalue weighted by atomic mass is 19.1. The zero-order valence-corrected chi connectivity index (χ0v) is 36.7. The minimum atomic E-state index is -1.18. The number of halogens is 1. The van der Waals surface area contributed by atoms with Gasteiger partial charge in [0.25, 0.3) is 0 Å². The number of hydrogen-bond acceptors (Lipinski definition) is 9. The van der Waals surface area contributed by atoms with E-state index in [4.69, 9.17) is 5.73 Å². The lowest BCUT2D eigenvalue weighted by Gasteiger charge is -2.40. The van der Waals surface area contributed by atoms with Crippen LogP contribution >= 0.6 is 0 Å². The maximum absolute atomic E-state index is 14.1. The van der Waals surface area contributed by atoms with E-state index in [9.17, 15) is 33.2 Å². The molecule has 0 aromatic heterocycles. The lowest BCUT2D eigenvalue weighted by molar-refractivity contribution is -0.146. The summed E-state index contributed by atoms with van der Waals surface area (Å²) < 4.78 is 13.6. The molecular formula is C46H60FN9O6. The van der Waals surface area contributed by atoms with E-state index >= 15 is 0 Å². The fourth-order valence-electron chi connectivity index (χ4n) is 8.47. The average Bonchev–Trinajstić information content (AvgIpc) is 3.53. The normalized spacial score (nSPS) is 21.0. The molecule has 0 spiro atoms. The number of hydrogen-bond donors (Lipinski definition) is 6. The minimum absolute atomic E-state index is 0.0124. The summed E-state index contributed by atoms with van der Waals surface area (Å²) in [7, 11) is 1.64. The third kappa shape index (κ3) is 10.3. The number of carbonyl (C=O) groups excluding carboxylic acids is 6. The van der Waals surface area contributed by atoms with Crippen molar-refractivity contribution in [1.29, 1.82) is 0 Å². The highest BCUT2D eigenvalue weighted by Crippen LogP contribution is 2.42. The summed E-state index contributed by atoms with van der Waals surface area (Å²) in [5, 5.41) is 14.8. The van der Waals surface area contributed by atoms with Crippen molar-refractivity contribution in [2.75, 3.05) is 56.5 Å². The van der Waals surface area contributed by atoms with Gasteiger partial charge >= 0.3 is 0 Å². The second kappa shape index (κ2) is 18.7. The summed E-state index contributed by atoms with van der Waals surface area (Å²) >= 11 is 0. The first kappa shape index (κ1) is 45.8. The molecule has 0 radical (unpaired) electrons. The van der Waals surface area contributed by atoms with Crippen LogP contribution in [0.5, 0.6) is 0 Å². The molecule has 7 N–H and O–H groups in total. The summed E-state index contributed by atoms with van der Waals surface area (Å²) in [4.78, 5) is 86.4. The molecule has 0 unspecified atom stereocenters. The number of amides is 6. The predicted octanol–water partition coefficient (Wildman–Crippen LogP) is 1.95. The molecule has 0 saturated carbocycles. The van der Waals surface area contributed by atoms with Gasteiger partial charge in [-0.3, -0.25) is 33.7 Å². The maximum Gasteiger partial charge on any atom is 0.246 e. The second-order valence-corrected chi connectivity index (χ2v) is 18.2. The number of nitrogens with one attached hydrogen (secondary N) is 5. The van der Waals surface area contributed by atoms with E-state index in [1.807, 2.05) is 39.0 Å². The molecule has 6 amide bonds. The first-order valence-corrected chi connectivity index (χ1v) is 21.2. The van der Waals surface area contributed by atoms with Gasteiger partial charge in [-0.15, -0.1) is 0 Å². The van der Waals surface area contributed by atoms with E-state index in [1.54, 1.807) is 56.1 Å². The van der Waals surface area contributed by atoms with Gasteiger partial charge < -0.3 is 42.1 Å². The Morgan fingerprint density at radius 2 is 1.69 bits per heavy atom. The van der Waals surface area contributed by atoms with Crippen LogP contribution in [0.4, 0.5) is 15.8 Å². The highest BCUT2D eigenvalue weighted by molar-refractivity contribution is 6.04. The molecule has 0 bridgehead atoms. The number of benzene rings is 3. The van der Waals surface area contributed by atoms with Crippen LogP contribution in [0, 0.1) is 11.2 Å². The highest BCUT2D eigenvalue weighted by Gasteiger charge is 2.47. The zero-order valence-electron chi connectivity index (χ0n) is 36.7. The summed E-state index contributed by atoms with van der Waals surface area (Å²) in [5.41, 5.74) is 8.91. The second-order valence-electron chi connectivity index (χ2n) is 18.2. The first-order chi connectivity index (χ1) is 29.3. The van der Waals surface area contributed by atoms with E-state index in [2.05, 4.69) is 38.4 Å². The van der Waals surface area contributed by atoms with Crippen LogP contribution in [0.3, 0.4) is 0 Å². The number of likely N-dealkylation sites (N-methyl/N-ethyl adjacent to an activating group) is 1. The van der Waals surface area contributed by atoms with Crippen LogP contribution in [-0.4, -0.2) is 116 Å². The van der Waals surface area contributed by atoms with Crippen LogP contribution in [0.2, 0.25) is 0 Å². The van der Waals surface area contributed by atoms with Crippen molar-refractivity contribution in [2.24, 2.45) is 11.1 Å². The van der Waals surface area contributed by atoms with Gasteiger partial charge in [-0.25, -0.2) is 4.39 Å². The topological polar surface area (TPSA) is 198 Å². The van der Waals surface area contributed by atoms with Gasteiger partial charge in [0.15, 0.2) is 0 Å². The van der Waals surface area contributed by atoms with E-state index in [-0.39, 0.29) is 56.3 Å². The van der Waals surface area contributed by atoms with Crippen molar-refractivity contribution in [3.05, 3.63) is 94.3 Å². The standard InChI is InChI=1S/C46H60FN9O6/c1-27-23-54(17-16-50-27)25-39(58)56-26-46(6,35-15-10-30(19-36(35)56)18-29-8-12-33(47)13-9-29)44(62)51-22-38(57)52-34-14-11-31-21-37(41(48)59)55(24-32(31)20-34)43(61)40(45(3,4)5)53-42(60)28(2)49-7/h8-15,19-20,27-28,37,40,49-50H,16-18,21-26H2,1-7H3,(H2,48,59)(H,51,62)(H,52,57)(H,53,60)/t27-,28+,37+,40-,46+/m1/s1. The maximum atomic E-state index is 14.1. The van der Waals surface area contributed by atoms with Crippen molar-refractivity contribution in [3.8, 4) is 0 Å². The molecule has 15 nitrogen and oxygen atoms in total. The number of carbonyl (C=O) groups is 6. The third-order valence-corrected chi connectivity index (χ3v) is 12.2. The predicted molar refractivity (Wildman–Crippen MR) is 234 cm³/mol. The minimum Gasteiger partial charge on any atom is -0.368 e. The van der Waals surface area contributed by atoms with Crippen molar-refractivity contribution in [1.82, 2.24) is 31.1 Å². The van der Waals surface area contributed by atoms with Crippen molar-refractivity contribution < 1.29 is 33.2 Å². The number of nitrogens with zero attached hydrogens (tertiary/aromatic N) is 3. The molecule has 3 heterocycles. The lowest BCUT2D eigenvalue weighted by Crippen LogP contribution is -2.61. The Bertz CT molecular complexity index is 2210. The fourth-order valence-corrected chi connectivity index (χ4v) is 8.47. The van der Waals surface area contributed by atoms with Crippen LogP contribution < -0.4 is 37.2 Å². The molecule has 3 aliphatic rings. The van der Waals surface area contributed by atoms with E-state index in [0.29, 0.717) is 35.5 Å². The van der Waals surface area contributed by atoms with Crippen molar-refractivity contribution >= 4 is 46.8 Å². The van der Waals surface area contributed by atoms with Gasteiger partial charge in [0.1, 0.15) is 17.9 Å². The van der Waals surface area contributed by atoms with Crippen LogP contribution in [0.25, 0.3) is 0 Å². The molecule has 5 atom stereocenters. The van der Waals surface area contributed by atoms with Crippen molar-refractivity contribution in [2.45, 2.75) is 90.5 Å². The van der Waals surface area contributed by atoms with E-state index < -0.39 is 52.6 Å². The SMILES string of the molecule is CN[C@@H](C)C(=O)N[C@H](C(=O)N1Cc2cc(NC(=O)CNC(=O)[C@@]3(C)CN(C(=O)CN4CCN[C@H](C)C4)c4cc(Cc5ccc(F)cc5)ccc43)ccc2C[C@H]1C(N)=O)C(C)(C)C. The van der Waals surface area contributed by atoms with Crippen molar-refractivity contribution in [3.63, 3.8) is 0 Å². The third-order valence-electron chi connectivity index (χ3n) is 12.2. The first-order valence-electron chi connectivity index (χ1n) is 21.2. The molecule has 1 saturated heterocycles. The monoisotopic (exact) mass is 853 g/mol. The summed E-state index contributed by atoms with van der Waals surface area (Å²) in [6.07, 6.45) is 0.656. The summed E-state index contributed by atoms with van der Waals surface area (Å²) in [6, 6.07) is 14.9. The number of anilines is 2. The molecule has 1 fully saturated rings. The molecule has 62 heavy (non-hydrogen) atoms. The van der Waals surface area contributed by atoms with Crippen LogP contribution in [0.15, 0.2) is 60.7 Å². The van der Waals surface area contributed by atoms with Gasteiger partial charge in [0, 0.05) is 56.6 Å². The van der Waals surface area contributed by atoms with E-state index in [1.165, 1.54) is 17.0 Å². The number of primary amides is 1. The Kier molecular flexibility index (Phi) is 13.8. The van der Waals surface area contributed by atoms with Crippen LogP contribution in [0.1, 0.15) is 69.4 Å². The van der Waals surface area contributed by atoms with Gasteiger partial charge in [-0.05, 0) is 97.8 Å². The number of piperazine rings is 1. The number of nitrogens with two attached hydrogens (primary N) is 1. The number of rotatable bonds is 13. The zero-order chi connectivity index (χ0) is 45.1. The Morgan fingerprint density at radius 3 is 2.35 bits per heavy atom. The molecule has 332 valence electrons. The lowest BCUT2D eigenvalue weighted by atomic mass is 9.83. The van der Waals surface area contributed by atoms with Gasteiger partial charge in [-0.1, -0.05) is 51.1 Å². The summed E-state index contributed by atoms with van der Waals surface area (Å²) in [5.74, 6) is -2.87. The van der Waals surface area contributed by atoms with E-state index in [0.717, 1.165) is 29.8 Å². The molecule has 3 aliphatic heterocycles. The molecule has 0 aliphatic carbocycles. The fraction of sp³-hybridized carbons (Fsp3) is 0.478. The quantitative estimate of drug-likeness (QED) is 0.149. The van der Waals surface area contributed by atoms with Gasteiger partial charge in [0.05, 0.1) is 24.5 Å². The molecule has 3 aromatic rings. The number of fused-ring (bicyclic) bond motifs is 2. The summed E-state index contributed by atoms with van der Waals surface area (Å²) in [6.45, 7) is 13.1. The Hall–Kier alpha value is -5.71. The smallest absolute Gasteiger partial charge is 0.246 e. The largest absolute Gasteiger partial charge is 0.368 e. The van der Waals surface area contributed by atoms with Gasteiger partial charge in [-0.2, -0.15) is 0 Å². The molecule has 16 heteroatoms. The molecule has 3 aromatic carbocycles.